The summed E-state index contributed by atoms with van der Waals surface area (Å²) in [7, 11) is 0. The Labute approximate surface area is 169 Å². The Balaban J connectivity index is 1.75. The molecule has 1 N–H and O–H groups in total. The molecular weight excluding hydrogens is 372 g/mol. The molecule has 0 aliphatic carbocycles. The quantitative estimate of drug-likeness (QED) is 0.552. The number of carboxylic acids is 1. The lowest BCUT2D eigenvalue weighted by molar-refractivity contribution is -0.137. The van der Waals surface area contributed by atoms with E-state index in [4.69, 9.17) is 5.11 Å². The van der Waals surface area contributed by atoms with Gasteiger partial charge >= 0.3 is 5.97 Å². The predicted octanol–water partition coefficient (Wildman–Crippen LogP) is 5.03. The molecule has 0 bridgehead atoms. The van der Waals surface area contributed by atoms with Crippen LogP contribution >= 0.6 is 0 Å². The van der Waals surface area contributed by atoms with Crippen molar-refractivity contribution in [3.8, 4) is 0 Å². The highest BCUT2D eigenvalue weighted by Crippen LogP contribution is 2.18. The van der Waals surface area contributed by atoms with Crippen LogP contribution < -0.4 is 0 Å². The standard InChI is InChI=1S/C24H23F2NO2/c25-22-11-5-10-21(24(22)26)17-27(13-12-23(28)29)16-20-9-4-8-19(15-20)14-18-6-2-1-3-7-18/h1-11,15H,12-14,16-17H2,(H,28,29). The van der Waals surface area contributed by atoms with Gasteiger partial charge in [0.05, 0.1) is 6.42 Å². The van der Waals surface area contributed by atoms with Gasteiger partial charge in [0.2, 0.25) is 0 Å². The fourth-order valence-corrected chi connectivity index (χ4v) is 3.31. The van der Waals surface area contributed by atoms with Crippen LogP contribution in [0.2, 0.25) is 0 Å². The average Bonchev–Trinajstić information content (AvgIpc) is 2.70. The lowest BCUT2D eigenvalue weighted by atomic mass is 10.0. The molecule has 150 valence electrons. The summed E-state index contributed by atoms with van der Waals surface area (Å²) in [4.78, 5) is 12.9. The van der Waals surface area contributed by atoms with E-state index in [1.54, 1.807) is 0 Å². The minimum atomic E-state index is -0.924. The molecular formula is C24H23F2NO2. The lowest BCUT2D eigenvalue weighted by Gasteiger charge is -2.22. The zero-order valence-electron chi connectivity index (χ0n) is 16.0. The van der Waals surface area contributed by atoms with E-state index in [2.05, 4.69) is 18.2 Å². The Morgan fingerprint density at radius 2 is 1.52 bits per heavy atom. The van der Waals surface area contributed by atoms with Crippen molar-refractivity contribution in [3.63, 3.8) is 0 Å². The summed E-state index contributed by atoms with van der Waals surface area (Å²) in [5.74, 6) is -2.70. The van der Waals surface area contributed by atoms with Gasteiger partial charge in [-0.05, 0) is 29.2 Å². The lowest BCUT2D eigenvalue weighted by Crippen LogP contribution is -2.26. The van der Waals surface area contributed by atoms with Crippen molar-refractivity contribution in [2.75, 3.05) is 6.54 Å². The number of aliphatic carboxylic acids is 1. The number of nitrogens with zero attached hydrogens (tertiary/aromatic N) is 1. The second-order valence-corrected chi connectivity index (χ2v) is 7.05. The SMILES string of the molecule is O=C(O)CCN(Cc1cccc(Cc2ccccc2)c1)Cc1cccc(F)c1F. The first-order valence-electron chi connectivity index (χ1n) is 9.50. The van der Waals surface area contributed by atoms with Crippen molar-refractivity contribution in [2.45, 2.75) is 25.9 Å². The molecule has 3 nitrogen and oxygen atoms in total. The normalized spacial score (nSPS) is 11.0. The summed E-state index contributed by atoms with van der Waals surface area (Å²) in [6.45, 7) is 0.833. The Morgan fingerprint density at radius 1 is 0.828 bits per heavy atom. The minimum absolute atomic E-state index is 0.0688. The molecule has 0 aliphatic rings. The summed E-state index contributed by atoms with van der Waals surface area (Å²) in [5, 5.41) is 9.04. The Bertz CT molecular complexity index is 960. The number of hydrogen-bond donors (Lipinski definition) is 1. The molecule has 0 saturated carbocycles. The molecule has 0 unspecified atom stereocenters. The van der Waals surface area contributed by atoms with Crippen LogP contribution in [0.5, 0.6) is 0 Å². The van der Waals surface area contributed by atoms with E-state index < -0.39 is 17.6 Å². The van der Waals surface area contributed by atoms with E-state index in [0.717, 1.165) is 23.6 Å². The third-order valence-electron chi connectivity index (χ3n) is 4.72. The van der Waals surface area contributed by atoms with Crippen LogP contribution in [0.25, 0.3) is 0 Å². The smallest absolute Gasteiger partial charge is 0.304 e. The monoisotopic (exact) mass is 395 g/mol. The third kappa shape index (κ3) is 6.22. The van der Waals surface area contributed by atoms with Gasteiger partial charge in [-0.2, -0.15) is 0 Å². The van der Waals surface area contributed by atoms with E-state index in [-0.39, 0.29) is 25.1 Å². The fourth-order valence-electron chi connectivity index (χ4n) is 3.31. The van der Waals surface area contributed by atoms with Crippen molar-refractivity contribution < 1.29 is 18.7 Å². The van der Waals surface area contributed by atoms with Gasteiger partial charge in [0.15, 0.2) is 11.6 Å². The Morgan fingerprint density at radius 3 is 2.28 bits per heavy atom. The fraction of sp³-hybridized carbons (Fsp3) is 0.208. The van der Waals surface area contributed by atoms with Gasteiger partial charge in [0.1, 0.15) is 0 Å². The van der Waals surface area contributed by atoms with Crippen molar-refractivity contribution in [1.29, 1.82) is 0 Å². The first-order valence-corrected chi connectivity index (χ1v) is 9.50. The van der Waals surface area contributed by atoms with Crippen LogP contribution in [0.15, 0.2) is 72.8 Å². The first kappa shape index (κ1) is 20.7. The number of benzene rings is 3. The average molecular weight is 395 g/mol. The van der Waals surface area contributed by atoms with Crippen molar-refractivity contribution in [1.82, 2.24) is 4.90 Å². The number of carbonyl (C=O) groups is 1. The highest BCUT2D eigenvalue weighted by Gasteiger charge is 2.14. The van der Waals surface area contributed by atoms with E-state index in [1.165, 1.54) is 17.7 Å². The molecule has 3 rings (SSSR count). The van der Waals surface area contributed by atoms with Gasteiger partial charge < -0.3 is 5.11 Å². The topological polar surface area (TPSA) is 40.5 Å². The molecule has 5 heteroatoms. The Kier molecular flexibility index (Phi) is 7.09. The number of hydrogen-bond acceptors (Lipinski definition) is 2. The second kappa shape index (κ2) is 9.94. The largest absolute Gasteiger partial charge is 0.481 e. The zero-order valence-corrected chi connectivity index (χ0v) is 16.0. The van der Waals surface area contributed by atoms with Crippen LogP contribution in [-0.2, 0) is 24.3 Å². The van der Waals surface area contributed by atoms with Crippen molar-refractivity contribution in [2.24, 2.45) is 0 Å². The van der Waals surface area contributed by atoms with Crippen molar-refractivity contribution in [3.05, 3.63) is 107 Å². The maximum Gasteiger partial charge on any atom is 0.304 e. The molecule has 29 heavy (non-hydrogen) atoms. The molecule has 0 heterocycles. The predicted molar refractivity (Wildman–Crippen MR) is 108 cm³/mol. The third-order valence-corrected chi connectivity index (χ3v) is 4.72. The van der Waals surface area contributed by atoms with E-state index in [0.29, 0.717) is 6.54 Å². The Hall–Kier alpha value is -3.05. The van der Waals surface area contributed by atoms with Crippen LogP contribution in [0.1, 0.15) is 28.7 Å². The van der Waals surface area contributed by atoms with E-state index >= 15 is 0 Å². The number of rotatable bonds is 9. The molecule has 0 spiro atoms. The molecule has 0 aliphatic heterocycles. The number of carboxylic acid groups (broad SMARTS) is 1. The van der Waals surface area contributed by atoms with Crippen LogP contribution in [0.3, 0.4) is 0 Å². The number of halogens is 2. The molecule has 0 saturated heterocycles. The van der Waals surface area contributed by atoms with E-state index in [1.807, 2.05) is 41.3 Å². The molecule has 0 aromatic heterocycles. The molecule has 0 fully saturated rings. The maximum absolute atomic E-state index is 14.1. The van der Waals surface area contributed by atoms with Crippen LogP contribution in [0.4, 0.5) is 8.78 Å². The summed E-state index contributed by atoms with van der Waals surface area (Å²) in [6, 6.07) is 22.2. The van der Waals surface area contributed by atoms with Gasteiger partial charge in [-0.1, -0.05) is 66.7 Å². The van der Waals surface area contributed by atoms with Crippen molar-refractivity contribution >= 4 is 5.97 Å². The van der Waals surface area contributed by atoms with Gasteiger partial charge in [0, 0.05) is 25.2 Å². The molecule has 3 aromatic rings. The first-order chi connectivity index (χ1) is 14.0. The second-order valence-electron chi connectivity index (χ2n) is 7.05. The summed E-state index contributed by atoms with van der Waals surface area (Å²) >= 11 is 0. The molecule has 0 amide bonds. The minimum Gasteiger partial charge on any atom is -0.481 e. The summed E-state index contributed by atoms with van der Waals surface area (Å²) in [6.07, 6.45) is 0.725. The van der Waals surface area contributed by atoms with Gasteiger partial charge in [-0.3, -0.25) is 9.69 Å². The van der Waals surface area contributed by atoms with E-state index in [9.17, 15) is 13.6 Å². The highest BCUT2D eigenvalue weighted by molar-refractivity contribution is 5.66. The van der Waals surface area contributed by atoms with Crippen LogP contribution in [0, 0.1) is 11.6 Å². The van der Waals surface area contributed by atoms with Gasteiger partial charge in [-0.25, -0.2) is 8.78 Å². The van der Waals surface area contributed by atoms with Gasteiger partial charge in [0.25, 0.3) is 0 Å². The van der Waals surface area contributed by atoms with Crippen LogP contribution in [-0.4, -0.2) is 22.5 Å². The summed E-state index contributed by atoms with van der Waals surface area (Å²) in [5.41, 5.74) is 3.56. The molecule has 0 radical (unpaired) electrons. The van der Waals surface area contributed by atoms with Gasteiger partial charge in [-0.15, -0.1) is 0 Å². The maximum atomic E-state index is 14.1. The zero-order chi connectivity index (χ0) is 20.6. The molecule has 0 atom stereocenters. The highest BCUT2D eigenvalue weighted by atomic mass is 19.2. The summed E-state index contributed by atoms with van der Waals surface area (Å²) < 4.78 is 27.6. The molecule has 3 aromatic carbocycles.